The number of amides is 2. The Morgan fingerprint density at radius 2 is 2.10 bits per heavy atom. The highest BCUT2D eigenvalue weighted by Crippen LogP contribution is 2.32. The van der Waals surface area contributed by atoms with Crippen molar-refractivity contribution in [1.29, 1.82) is 0 Å². The van der Waals surface area contributed by atoms with Gasteiger partial charge in [0.2, 0.25) is 11.8 Å². The minimum Gasteiger partial charge on any atom is -0.344 e. The van der Waals surface area contributed by atoms with Crippen molar-refractivity contribution in [3.63, 3.8) is 0 Å². The fraction of sp³-hybridized carbons (Fsp3) is 0.867. The molecule has 1 heterocycles. The Kier molecular flexibility index (Phi) is 5.99. The molecule has 3 N–H and O–H groups in total. The van der Waals surface area contributed by atoms with Gasteiger partial charge in [-0.1, -0.05) is 20.8 Å². The Bertz CT molecular complexity index is 350. The van der Waals surface area contributed by atoms with Gasteiger partial charge in [-0.25, -0.2) is 0 Å². The molecular formula is C15H29N3O2. The van der Waals surface area contributed by atoms with E-state index in [-0.39, 0.29) is 23.3 Å². The van der Waals surface area contributed by atoms with Crippen LogP contribution in [0, 0.1) is 11.3 Å². The van der Waals surface area contributed by atoms with Crippen LogP contribution in [0.2, 0.25) is 0 Å². The van der Waals surface area contributed by atoms with Gasteiger partial charge in [0.25, 0.3) is 0 Å². The molecule has 2 unspecified atom stereocenters. The number of nitrogens with two attached hydrogens (primary N) is 1. The van der Waals surface area contributed by atoms with E-state index in [1.54, 1.807) is 11.9 Å². The summed E-state index contributed by atoms with van der Waals surface area (Å²) in [7, 11) is 1.77. The predicted octanol–water partition coefficient (Wildman–Crippen LogP) is 1.12. The van der Waals surface area contributed by atoms with Gasteiger partial charge in [0.1, 0.15) is 6.04 Å². The van der Waals surface area contributed by atoms with Crippen LogP contribution in [0.3, 0.4) is 0 Å². The van der Waals surface area contributed by atoms with Crippen molar-refractivity contribution in [3.8, 4) is 0 Å². The number of likely N-dealkylation sites (tertiary alicyclic amines) is 1. The summed E-state index contributed by atoms with van der Waals surface area (Å²) in [5.41, 5.74) is 5.80. The minimum atomic E-state index is -0.324. The maximum Gasteiger partial charge on any atom is 0.244 e. The normalized spacial score (nSPS) is 21.1. The van der Waals surface area contributed by atoms with Gasteiger partial charge in [0, 0.05) is 20.0 Å². The average molecular weight is 283 g/mol. The molecule has 0 saturated carbocycles. The van der Waals surface area contributed by atoms with Gasteiger partial charge >= 0.3 is 0 Å². The van der Waals surface area contributed by atoms with Crippen molar-refractivity contribution in [2.24, 2.45) is 17.1 Å². The molecule has 2 amide bonds. The average Bonchev–Trinajstić information content (AvgIpc) is 2.65. The molecule has 0 spiro atoms. The zero-order chi connectivity index (χ0) is 15.3. The van der Waals surface area contributed by atoms with E-state index in [1.807, 2.05) is 0 Å². The monoisotopic (exact) mass is 283 g/mol. The van der Waals surface area contributed by atoms with Crippen LogP contribution >= 0.6 is 0 Å². The molecule has 1 aliphatic heterocycles. The van der Waals surface area contributed by atoms with Gasteiger partial charge in [-0.15, -0.1) is 0 Å². The number of likely N-dealkylation sites (N-methyl/N-ethyl adjacent to an activating group) is 1. The maximum absolute atomic E-state index is 12.0. The smallest absolute Gasteiger partial charge is 0.244 e. The molecule has 20 heavy (non-hydrogen) atoms. The lowest BCUT2D eigenvalue weighted by atomic mass is 9.76. The second-order valence-corrected chi connectivity index (χ2v) is 6.85. The van der Waals surface area contributed by atoms with E-state index in [4.69, 9.17) is 5.73 Å². The summed E-state index contributed by atoms with van der Waals surface area (Å²) in [6.45, 7) is 7.92. The van der Waals surface area contributed by atoms with Crippen molar-refractivity contribution >= 4 is 11.8 Å². The third-order valence-electron chi connectivity index (χ3n) is 4.22. The highest BCUT2D eigenvalue weighted by molar-refractivity contribution is 5.88. The standard InChI is InChI=1S/C15H29N3O2/c1-15(2,3)11(7-9-16)5-6-13(19)17-12-8-10-18(4)14(12)20/h11-12H,5-10,16H2,1-4H3,(H,17,19). The minimum absolute atomic E-state index is 0.0210. The van der Waals surface area contributed by atoms with E-state index in [0.29, 0.717) is 25.3 Å². The van der Waals surface area contributed by atoms with Crippen molar-refractivity contribution in [3.05, 3.63) is 0 Å². The molecule has 2 atom stereocenters. The predicted molar refractivity (Wildman–Crippen MR) is 80.0 cm³/mol. The maximum atomic E-state index is 12.0. The summed E-state index contributed by atoms with van der Waals surface area (Å²) >= 11 is 0. The molecule has 1 fully saturated rings. The van der Waals surface area contributed by atoms with Crippen LogP contribution in [0.4, 0.5) is 0 Å². The largest absolute Gasteiger partial charge is 0.344 e. The van der Waals surface area contributed by atoms with Crippen LogP contribution in [0.25, 0.3) is 0 Å². The van der Waals surface area contributed by atoms with E-state index in [2.05, 4.69) is 26.1 Å². The number of rotatable bonds is 6. The zero-order valence-corrected chi connectivity index (χ0v) is 13.2. The van der Waals surface area contributed by atoms with Gasteiger partial charge in [0.05, 0.1) is 0 Å². The number of hydrogen-bond acceptors (Lipinski definition) is 3. The first-order valence-corrected chi connectivity index (χ1v) is 7.50. The third kappa shape index (κ3) is 4.78. The Morgan fingerprint density at radius 1 is 1.45 bits per heavy atom. The van der Waals surface area contributed by atoms with Gasteiger partial charge < -0.3 is 16.0 Å². The molecular weight excluding hydrogens is 254 g/mol. The number of nitrogens with one attached hydrogen (secondary N) is 1. The summed E-state index contributed by atoms with van der Waals surface area (Å²) < 4.78 is 0. The van der Waals surface area contributed by atoms with E-state index in [0.717, 1.165) is 19.4 Å². The first-order valence-electron chi connectivity index (χ1n) is 7.50. The molecule has 0 radical (unpaired) electrons. The molecule has 1 saturated heterocycles. The van der Waals surface area contributed by atoms with E-state index < -0.39 is 0 Å². The summed E-state index contributed by atoms with van der Waals surface area (Å²) in [4.78, 5) is 25.4. The van der Waals surface area contributed by atoms with Crippen LogP contribution < -0.4 is 11.1 Å². The zero-order valence-electron chi connectivity index (χ0n) is 13.2. The van der Waals surface area contributed by atoms with Crippen molar-refractivity contribution in [2.75, 3.05) is 20.1 Å². The van der Waals surface area contributed by atoms with Crippen LogP contribution in [0.5, 0.6) is 0 Å². The van der Waals surface area contributed by atoms with Crippen LogP contribution in [-0.2, 0) is 9.59 Å². The van der Waals surface area contributed by atoms with Gasteiger partial charge in [-0.3, -0.25) is 9.59 Å². The molecule has 0 aromatic heterocycles. The van der Waals surface area contributed by atoms with Gasteiger partial charge in [-0.05, 0) is 37.1 Å². The van der Waals surface area contributed by atoms with Gasteiger partial charge in [-0.2, -0.15) is 0 Å². The SMILES string of the molecule is CN1CCC(NC(=O)CCC(CCN)C(C)(C)C)C1=O. The van der Waals surface area contributed by atoms with Crippen molar-refractivity contribution in [1.82, 2.24) is 10.2 Å². The summed E-state index contributed by atoms with van der Waals surface area (Å²) in [6, 6.07) is -0.324. The topological polar surface area (TPSA) is 75.4 Å². The number of hydrogen-bond donors (Lipinski definition) is 2. The summed E-state index contributed by atoms with van der Waals surface area (Å²) in [6.07, 6.45) is 2.94. The van der Waals surface area contributed by atoms with Crippen LogP contribution in [0.15, 0.2) is 0 Å². The van der Waals surface area contributed by atoms with E-state index >= 15 is 0 Å². The van der Waals surface area contributed by atoms with Crippen LogP contribution in [-0.4, -0.2) is 42.9 Å². The fourth-order valence-electron chi connectivity index (χ4n) is 2.74. The molecule has 5 heteroatoms. The first-order chi connectivity index (χ1) is 9.25. The third-order valence-corrected chi connectivity index (χ3v) is 4.22. The molecule has 0 aromatic rings. The molecule has 0 aliphatic carbocycles. The Balaban J connectivity index is 2.40. The quantitative estimate of drug-likeness (QED) is 0.767. The summed E-state index contributed by atoms with van der Waals surface area (Å²) in [5.74, 6) is 0.429. The lowest BCUT2D eigenvalue weighted by molar-refractivity contribution is -0.132. The second-order valence-electron chi connectivity index (χ2n) is 6.85. The molecule has 5 nitrogen and oxygen atoms in total. The molecule has 0 bridgehead atoms. The van der Waals surface area contributed by atoms with E-state index in [1.165, 1.54) is 0 Å². The number of carbonyl (C=O) groups excluding carboxylic acids is 2. The van der Waals surface area contributed by atoms with Crippen LogP contribution in [0.1, 0.15) is 46.5 Å². The fourth-order valence-corrected chi connectivity index (χ4v) is 2.74. The highest BCUT2D eigenvalue weighted by atomic mass is 16.2. The first kappa shape index (κ1) is 17.0. The molecule has 1 rings (SSSR count). The molecule has 116 valence electrons. The van der Waals surface area contributed by atoms with E-state index in [9.17, 15) is 9.59 Å². The lowest BCUT2D eigenvalue weighted by Gasteiger charge is -2.30. The number of carbonyl (C=O) groups is 2. The van der Waals surface area contributed by atoms with Crippen molar-refractivity contribution < 1.29 is 9.59 Å². The Hall–Kier alpha value is -1.10. The van der Waals surface area contributed by atoms with Gasteiger partial charge in [0.15, 0.2) is 0 Å². The highest BCUT2D eigenvalue weighted by Gasteiger charge is 2.30. The Morgan fingerprint density at radius 3 is 2.55 bits per heavy atom. The molecule has 1 aliphatic rings. The Labute approximate surface area is 122 Å². The van der Waals surface area contributed by atoms with Crippen molar-refractivity contribution in [2.45, 2.75) is 52.5 Å². The lowest BCUT2D eigenvalue weighted by Crippen LogP contribution is -2.40. The molecule has 0 aromatic carbocycles. The number of nitrogens with zero attached hydrogens (tertiary/aromatic N) is 1. The second kappa shape index (κ2) is 7.07. The summed E-state index contributed by atoms with van der Waals surface area (Å²) in [5, 5.41) is 2.85.